The summed E-state index contributed by atoms with van der Waals surface area (Å²) in [6.45, 7) is 2.15. The Morgan fingerprint density at radius 2 is 1.90 bits per heavy atom. The summed E-state index contributed by atoms with van der Waals surface area (Å²) >= 11 is 0. The first-order valence-corrected chi connectivity index (χ1v) is 3.17. The van der Waals surface area contributed by atoms with Gasteiger partial charge in [-0.3, -0.25) is 0 Å². The second kappa shape index (κ2) is 5.33. The number of allylic oxidation sites excluding steroid dienone is 1. The fraction of sp³-hybridized carbons (Fsp3) is 0.714. The third-order valence-electron chi connectivity index (χ3n) is 1.18. The molecule has 10 heavy (non-hydrogen) atoms. The maximum absolute atomic E-state index is 12.2. The zero-order valence-electron chi connectivity index (χ0n) is 5.69. The zero-order chi connectivity index (χ0) is 7.98. The number of hydrogen-bond donors (Lipinski definition) is 0. The van der Waals surface area contributed by atoms with Gasteiger partial charge in [0.1, 0.15) is 19.0 Å². The molecule has 0 aromatic heterocycles. The van der Waals surface area contributed by atoms with Gasteiger partial charge in [-0.25, -0.2) is 13.2 Å². The molecule has 2 atom stereocenters. The molecular weight excluding hydrogens is 141 g/mol. The van der Waals surface area contributed by atoms with Gasteiger partial charge in [-0.15, -0.1) is 6.58 Å². The van der Waals surface area contributed by atoms with Gasteiger partial charge in [0.05, 0.1) is 0 Å². The largest absolute Gasteiger partial charge is 0.248 e. The van der Waals surface area contributed by atoms with E-state index in [-0.39, 0.29) is 12.8 Å². The van der Waals surface area contributed by atoms with Crippen molar-refractivity contribution in [3.63, 3.8) is 0 Å². The first kappa shape index (κ1) is 9.53. The van der Waals surface area contributed by atoms with Gasteiger partial charge in [0, 0.05) is 0 Å². The van der Waals surface area contributed by atoms with Gasteiger partial charge in [0.15, 0.2) is 0 Å². The molecule has 0 N–H and O–H groups in total. The minimum atomic E-state index is -1.52. The van der Waals surface area contributed by atoms with Crippen molar-refractivity contribution in [3.8, 4) is 0 Å². The van der Waals surface area contributed by atoms with Crippen LogP contribution in [0.3, 0.4) is 0 Å². The van der Waals surface area contributed by atoms with Crippen LogP contribution < -0.4 is 0 Å². The van der Waals surface area contributed by atoms with Crippen molar-refractivity contribution in [3.05, 3.63) is 12.7 Å². The van der Waals surface area contributed by atoms with E-state index in [1.807, 2.05) is 0 Å². The highest BCUT2D eigenvalue weighted by atomic mass is 19.2. The molecule has 0 bridgehead atoms. The van der Waals surface area contributed by atoms with Crippen LogP contribution in [0.2, 0.25) is 0 Å². The van der Waals surface area contributed by atoms with Gasteiger partial charge >= 0.3 is 0 Å². The Hall–Kier alpha value is -0.470. The lowest BCUT2D eigenvalue weighted by Gasteiger charge is -2.03. The van der Waals surface area contributed by atoms with E-state index in [4.69, 9.17) is 0 Å². The van der Waals surface area contributed by atoms with E-state index in [2.05, 4.69) is 6.58 Å². The van der Waals surface area contributed by atoms with E-state index in [9.17, 15) is 13.2 Å². The van der Waals surface area contributed by atoms with Crippen LogP contribution in [0.5, 0.6) is 0 Å². The quantitative estimate of drug-likeness (QED) is 0.531. The van der Waals surface area contributed by atoms with Crippen LogP contribution in [0.25, 0.3) is 0 Å². The lowest BCUT2D eigenvalue weighted by Crippen LogP contribution is -2.05. The monoisotopic (exact) mass is 152 g/mol. The van der Waals surface area contributed by atoms with E-state index >= 15 is 0 Å². The predicted octanol–water partition coefficient (Wildman–Crippen LogP) is 2.60. The Kier molecular flexibility index (Phi) is 5.08. The van der Waals surface area contributed by atoms with Crippen molar-refractivity contribution < 1.29 is 13.2 Å². The van der Waals surface area contributed by atoms with Crippen LogP contribution in [-0.2, 0) is 0 Å². The summed E-state index contributed by atoms with van der Waals surface area (Å²) in [6.07, 6.45) is -1.67. The summed E-state index contributed by atoms with van der Waals surface area (Å²) in [5.74, 6) is 0. The normalized spacial score (nSPS) is 16.3. The molecule has 0 radical (unpaired) electrons. The van der Waals surface area contributed by atoms with Crippen molar-refractivity contribution >= 4 is 0 Å². The van der Waals surface area contributed by atoms with Gasteiger partial charge < -0.3 is 0 Å². The van der Waals surface area contributed by atoms with Crippen LogP contribution in [-0.4, -0.2) is 19.0 Å². The summed E-state index contributed by atoms with van der Waals surface area (Å²) in [6, 6.07) is 0. The van der Waals surface area contributed by atoms with E-state index in [0.29, 0.717) is 0 Å². The molecule has 0 spiro atoms. The number of alkyl halides is 3. The third-order valence-corrected chi connectivity index (χ3v) is 1.18. The minimum Gasteiger partial charge on any atom is -0.248 e. The topological polar surface area (TPSA) is 0 Å². The summed E-state index contributed by atoms with van der Waals surface area (Å²) in [5.41, 5.74) is 0. The van der Waals surface area contributed by atoms with Gasteiger partial charge in [-0.1, -0.05) is 6.08 Å². The van der Waals surface area contributed by atoms with Crippen molar-refractivity contribution in [1.82, 2.24) is 0 Å². The molecule has 0 aliphatic rings. The predicted molar refractivity (Wildman–Crippen MR) is 35.2 cm³/mol. The molecule has 0 saturated carbocycles. The van der Waals surface area contributed by atoms with Crippen LogP contribution in [0.4, 0.5) is 13.2 Å². The maximum Gasteiger partial charge on any atom is 0.128 e. The first-order valence-electron chi connectivity index (χ1n) is 3.17. The molecular formula is C7H11F3. The van der Waals surface area contributed by atoms with Crippen LogP contribution in [0.15, 0.2) is 12.7 Å². The second-order valence-corrected chi connectivity index (χ2v) is 2.08. The molecule has 0 aromatic carbocycles. The third kappa shape index (κ3) is 4.41. The lowest BCUT2D eigenvalue weighted by molar-refractivity contribution is 0.226. The van der Waals surface area contributed by atoms with E-state index < -0.39 is 19.0 Å². The summed E-state index contributed by atoms with van der Waals surface area (Å²) in [5, 5.41) is 0. The summed E-state index contributed by atoms with van der Waals surface area (Å²) in [4.78, 5) is 0. The molecule has 2 unspecified atom stereocenters. The van der Waals surface area contributed by atoms with Crippen molar-refractivity contribution in [2.45, 2.75) is 25.2 Å². The van der Waals surface area contributed by atoms with Crippen LogP contribution >= 0.6 is 0 Å². The van der Waals surface area contributed by atoms with Gasteiger partial charge in [-0.2, -0.15) is 0 Å². The molecule has 0 rings (SSSR count). The van der Waals surface area contributed by atoms with Crippen LogP contribution in [0.1, 0.15) is 12.8 Å². The fourth-order valence-corrected chi connectivity index (χ4v) is 0.535. The van der Waals surface area contributed by atoms with Crippen LogP contribution in [0, 0.1) is 0 Å². The molecule has 0 aliphatic carbocycles. The Labute approximate surface area is 58.7 Å². The summed E-state index contributed by atoms with van der Waals surface area (Å²) in [7, 11) is 0. The smallest absolute Gasteiger partial charge is 0.128 e. The van der Waals surface area contributed by atoms with E-state index in [1.54, 1.807) is 0 Å². The molecule has 0 amide bonds. The van der Waals surface area contributed by atoms with Crippen molar-refractivity contribution in [1.29, 1.82) is 0 Å². The Balaban J connectivity index is 3.25. The standard InChI is InChI=1S/C7H11F3/c1-2-6(9)3-4-7(10)5-8/h2,6-7H,1,3-5H2. The Morgan fingerprint density at radius 1 is 1.30 bits per heavy atom. The van der Waals surface area contributed by atoms with Crippen molar-refractivity contribution in [2.24, 2.45) is 0 Å². The van der Waals surface area contributed by atoms with Crippen molar-refractivity contribution in [2.75, 3.05) is 6.67 Å². The first-order chi connectivity index (χ1) is 4.70. The molecule has 0 nitrogen and oxygen atoms in total. The van der Waals surface area contributed by atoms with E-state index in [1.165, 1.54) is 0 Å². The molecule has 0 aliphatic heterocycles. The number of hydrogen-bond acceptors (Lipinski definition) is 0. The average Bonchev–Trinajstić information content (AvgIpc) is 1.99. The molecule has 60 valence electrons. The Bertz CT molecular complexity index is 92.9. The van der Waals surface area contributed by atoms with Gasteiger partial charge in [0.2, 0.25) is 0 Å². The maximum atomic E-state index is 12.2. The van der Waals surface area contributed by atoms with Gasteiger partial charge in [0.25, 0.3) is 0 Å². The molecule has 0 aromatic rings. The molecule has 0 heterocycles. The Morgan fingerprint density at radius 3 is 2.30 bits per heavy atom. The fourth-order valence-electron chi connectivity index (χ4n) is 0.535. The highest BCUT2D eigenvalue weighted by Gasteiger charge is 2.08. The number of halogens is 3. The second-order valence-electron chi connectivity index (χ2n) is 2.08. The zero-order valence-corrected chi connectivity index (χ0v) is 5.69. The number of rotatable bonds is 5. The molecule has 0 fully saturated rings. The van der Waals surface area contributed by atoms with Gasteiger partial charge in [-0.05, 0) is 12.8 Å². The average molecular weight is 152 g/mol. The van der Waals surface area contributed by atoms with E-state index in [0.717, 1.165) is 6.08 Å². The SMILES string of the molecule is C=CC(F)CCC(F)CF. The minimum absolute atomic E-state index is 0.0224. The highest BCUT2D eigenvalue weighted by molar-refractivity contribution is 4.78. The molecule has 0 saturated heterocycles. The molecule has 3 heteroatoms. The lowest BCUT2D eigenvalue weighted by atomic mass is 10.1. The highest BCUT2D eigenvalue weighted by Crippen LogP contribution is 2.08. The summed E-state index contributed by atoms with van der Waals surface area (Å²) < 4.78 is 35.7.